The first-order chi connectivity index (χ1) is 14.4. The smallest absolute Gasteiger partial charge is 0.337 e. The molecule has 0 saturated carbocycles. The molecular weight excluding hydrogens is 398 g/mol. The fourth-order valence-corrected chi connectivity index (χ4v) is 4.29. The van der Waals surface area contributed by atoms with E-state index in [2.05, 4.69) is 36.4 Å². The Morgan fingerprint density at radius 3 is 2.47 bits per heavy atom. The zero-order valence-corrected chi connectivity index (χ0v) is 19.0. The number of benzene rings is 1. The average molecular weight is 430 g/mol. The van der Waals surface area contributed by atoms with Gasteiger partial charge in [0.05, 0.1) is 18.4 Å². The topological polar surface area (TPSA) is 71.5 Å². The number of nitrogens with one attached hydrogen (secondary N) is 1. The summed E-state index contributed by atoms with van der Waals surface area (Å²) in [4.78, 5) is 31.2. The van der Waals surface area contributed by atoms with Crippen LogP contribution in [-0.4, -0.2) is 48.0 Å². The molecule has 0 radical (unpaired) electrons. The highest BCUT2D eigenvalue weighted by molar-refractivity contribution is 7.13. The van der Waals surface area contributed by atoms with Gasteiger partial charge in [-0.3, -0.25) is 9.69 Å². The molecule has 3 rings (SSSR count). The number of nitrogens with zero attached hydrogens (tertiary/aromatic N) is 2. The summed E-state index contributed by atoms with van der Waals surface area (Å²) in [7, 11) is 1.38. The molecular formula is C23H31N3O3S. The van der Waals surface area contributed by atoms with Crippen molar-refractivity contribution in [3.8, 4) is 10.6 Å². The second-order valence-corrected chi connectivity index (χ2v) is 9.16. The van der Waals surface area contributed by atoms with Crippen LogP contribution in [0.25, 0.3) is 10.6 Å². The predicted octanol–water partition coefficient (Wildman–Crippen LogP) is 3.97. The first kappa shape index (κ1) is 22.4. The number of carbonyl (C=O) groups excluding carboxylic acids is 2. The van der Waals surface area contributed by atoms with Gasteiger partial charge >= 0.3 is 5.97 Å². The normalized spacial score (nSPS) is 16.4. The van der Waals surface area contributed by atoms with Crippen molar-refractivity contribution in [2.45, 2.75) is 46.2 Å². The van der Waals surface area contributed by atoms with Gasteiger partial charge in [0, 0.05) is 29.4 Å². The number of piperidine rings is 1. The van der Waals surface area contributed by atoms with E-state index in [1.807, 2.05) is 12.1 Å². The van der Waals surface area contributed by atoms with Crippen LogP contribution in [0.2, 0.25) is 0 Å². The fourth-order valence-electron chi connectivity index (χ4n) is 3.47. The molecule has 0 spiro atoms. The maximum atomic E-state index is 12.5. The SMILES string of the molecule is COC(=O)c1ccc(-c2nc(CN3CCC(C(=O)NC(C)C(C)C)CC3)cs2)cc1. The molecule has 1 saturated heterocycles. The number of hydrogen-bond donors (Lipinski definition) is 1. The average Bonchev–Trinajstić information content (AvgIpc) is 3.22. The van der Waals surface area contributed by atoms with Gasteiger partial charge in [-0.1, -0.05) is 26.0 Å². The van der Waals surface area contributed by atoms with Crippen LogP contribution in [0.3, 0.4) is 0 Å². The first-order valence-corrected chi connectivity index (χ1v) is 11.4. The summed E-state index contributed by atoms with van der Waals surface area (Å²) >= 11 is 1.61. The quantitative estimate of drug-likeness (QED) is 0.675. The Morgan fingerprint density at radius 2 is 1.87 bits per heavy atom. The van der Waals surface area contributed by atoms with E-state index < -0.39 is 0 Å². The highest BCUT2D eigenvalue weighted by Gasteiger charge is 2.26. The molecule has 2 aromatic rings. The Hall–Kier alpha value is -2.25. The van der Waals surface area contributed by atoms with Crippen molar-refractivity contribution < 1.29 is 14.3 Å². The molecule has 1 unspecified atom stereocenters. The van der Waals surface area contributed by atoms with Crippen molar-refractivity contribution >= 4 is 23.2 Å². The Balaban J connectivity index is 1.51. The Kier molecular flexibility index (Phi) is 7.61. The van der Waals surface area contributed by atoms with E-state index in [4.69, 9.17) is 9.72 Å². The van der Waals surface area contributed by atoms with E-state index in [0.717, 1.165) is 48.7 Å². The number of rotatable bonds is 7. The van der Waals surface area contributed by atoms with Gasteiger partial charge in [0.15, 0.2) is 0 Å². The molecule has 30 heavy (non-hydrogen) atoms. The zero-order chi connectivity index (χ0) is 21.7. The number of methoxy groups -OCH3 is 1. The van der Waals surface area contributed by atoms with Crippen LogP contribution in [0.1, 0.15) is 49.7 Å². The molecule has 1 N–H and O–H groups in total. The second-order valence-electron chi connectivity index (χ2n) is 8.30. The summed E-state index contributed by atoms with van der Waals surface area (Å²) in [6.45, 7) is 8.95. The summed E-state index contributed by atoms with van der Waals surface area (Å²) in [5.41, 5.74) is 2.57. The lowest BCUT2D eigenvalue weighted by atomic mass is 9.94. The highest BCUT2D eigenvalue weighted by atomic mass is 32.1. The molecule has 1 fully saturated rings. The van der Waals surface area contributed by atoms with Crippen LogP contribution in [0.4, 0.5) is 0 Å². The number of aromatic nitrogens is 1. The van der Waals surface area contributed by atoms with E-state index in [0.29, 0.717) is 11.5 Å². The molecule has 162 valence electrons. The lowest BCUT2D eigenvalue weighted by Crippen LogP contribution is -2.44. The standard InChI is InChI=1S/C23H31N3O3S/c1-15(2)16(3)24-21(27)17-9-11-26(12-10-17)13-20-14-30-22(25-20)18-5-7-19(8-6-18)23(28)29-4/h5-8,14-17H,9-13H2,1-4H3,(H,24,27). The van der Waals surface area contributed by atoms with Crippen LogP contribution >= 0.6 is 11.3 Å². The number of esters is 1. The number of thiazole rings is 1. The first-order valence-electron chi connectivity index (χ1n) is 10.5. The van der Waals surface area contributed by atoms with Crippen LogP contribution in [-0.2, 0) is 16.1 Å². The fraction of sp³-hybridized carbons (Fsp3) is 0.522. The van der Waals surface area contributed by atoms with Crippen LogP contribution in [0.5, 0.6) is 0 Å². The summed E-state index contributed by atoms with van der Waals surface area (Å²) in [6, 6.07) is 7.54. The Bertz CT molecular complexity index is 855. The van der Waals surface area contributed by atoms with Gasteiger partial charge in [-0.05, 0) is 50.9 Å². The van der Waals surface area contributed by atoms with Gasteiger partial charge in [-0.2, -0.15) is 0 Å². The molecule has 1 aliphatic heterocycles. The van der Waals surface area contributed by atoms with Gasteiger partial charge in [0.25, 0.3) is 0 Å². The van der Waals surface area contributed by atoms with E-state index in [1.54, 1.807) is 23.5 Å². The lowest BCUT2D eigenvalue weighted by molar-refractivity contribution is -0.127. The molecule has 7 heteroatoms. The largest absolute Gasteiger partial charge is 0.465 e. The second kappa shape index (κ2) is 10.2. The third-order valence-electron chi connectivity index (χ3n) is 5.82. The van der Waals surface area contributed by atoms with Gasteiger partial charge < -0.3 is 10.1 Å². The lowest BCUT2D eigenvalue weighted by Gasteiger charge is -2.31. The van der Waals surface area contributed by atoms with Gasteiger partial charge in [0.2, 0.25) is 5.91 Å². The molecule has 1 aromatic heterocycles. The minimum atomic E-state index is -0.336. The van der Waals surface area contributed by atoms with Crippen molar-refractivity contribution in [1.82, 2.24) is 15.2 Å². The van der Waals surface area contributed by atoms with E-state index in [1.165, 1.54) is 7.11 Å². The number of likely N-dealkylation sites (tertiary alicyclic amines) is 1. The van der Waals surface area contributed by atoms with Crippen LogP contribution < -0.4 is 5.32 Å². The molecule has 1 atom stereocenters. The third-order valence-corrected chi connectivity index (χ3v) is 6.76. The van der Waals surface area contributed by atoms with E-state index in [9.17, 15) is 9.59 Å². The Morgan fingerprint density at radius 1 is 1.20 bits per heavy atom. The number of ether oxygens (including phenoxy) is 1. The minimum Gasteiger partial charge on any atom is -0.465 e. The molecule has 0 bridgehead atoms. The molecule has 6 nitrogen and oxygen atoms in total. The highest BCUT2D eigenvalue weighted by Crippen LogP contribution is 2.26. The van der Waals surface area contributed by atoms with Crippen molar-refractivity contribution in [2.75, 3.05) is 20.2 Å². The number of amides is 1. The van der Waals surface area contributed by atoms with Crippen molar-refractivity contribution in [3.63, 3.8) is 0 Å². The van der Waals surface area contributed by atoms with Gasteiger partial charge in [0.1, 0.15) is 5.01 Å². The summed E-state index contributed by atoms with van der Waals surface area (Å²) in [5, 5.41) is 6.19. The molecule has 2 heterocycles. The van der Waals surface area contributed by atoms with E-state index >= 15 is 0 Å². The van der Waals surface area contributed by atoms with Crippen LogP contribution in [0.15, 0.2) is 29.6 Å². The van der Waals surface area contributed by atoms with Gasteiger partial charge in [-0.15, -0.1) is 11.3 Å². The van der Waals surface area contributed by atoms with Crippen LogP contribution in [0, 0.1) is 11.8 Å². The van der Waals surface area contributed by atoms with E-state index in [-0.39, 0.29) is 23.8 Å². The summed E-state index contributed by atoms with van der Waals surface area (Å²) < 4.78 is 4.74. The Labute approximate surface area is 182 Å². The van der Waals surface area contributed by atoms with Crippen molar-refractivity contribution in [1.29, 1.82) is 0 Å². The summed E-state index contributed by atoms with van der Waals surface area (Å²) in [6.07, 6.45) is 1.78. The third kappa shape index (κ3) is 5.67. The summed E-state index contributed by atoms with van der Waals surface area (Å²) in [5.74, 6) is 0.422. The number of carbonyl (C=O) groups is 2. The molecule has 1 amide bonds. The van der Waals surface area contributed by atoms with Crippen molar-refractivity contribution in [3.05, 3.63) is 40.9 Å². The maximum absolute atomic E-state index is 12.5. The molecule has 1 aliphatic rings. The minimum absolute atomic E-state index is 0.113. The monoisotopic (exact) mass is 429 g/mol. The predicted molar refractivity (Wildman–Crippen MR) is 119 cm³/mol. The number of hydrogen-bond acceptors (Lipinski definition) is 6. The zero-order valence-electron chi connectivity index (χ0n) is 18.2. The molecule has 0 aliphatic carbocycles. The van der Waals surface area contributed by atoms with Crippen molar-refractivity contribution in [2.24, 2.45) is 11.8 Å². The van der Waals surface area contributed by atoms with Gasteiger partial charge in [-0.25, -0.2) is 9.78 Å². The molecule has 1 aromatic carbocycles. The maximum Gasteiger partial charge on any atom is 0.337 e.